The van der Waals surface area contributed by atoms with Gasteiger partial charge in [0.1, 0.15) is 6.10 Å². The predicted octanol–water partition coefficient (Wildman–Crippen LogP) is 3.02. The number of hydrogen-bond acceptors (Lipinski definition) is 4. The molecule has 0 spiro atoms. The molecule has 3 rings (SSSR count). The van der Waals surface area contributed by atoms with Crippen molar-refractivity contribution in [3.8, 4) is 5.88 Å². The zero-order valence-electron chi connectivity index (χ0n) is 15.0. The van der Waals surface area contributed by atoms with Gasteiger partial charge in [0.05, 0.1) is 0 Å². The molecular formula is C19H29N3O3. The van der Waals surface area contributed by atoms with E-state index in [1.165, 1.54) is 12.8 Å². The molecule has 2 heterocycles. The summed E-state index contributed by atoms with van der Waals surface area (Å²) >= 11 is 0. The maximum absolute atomic E-state index is 12.1. The van der Waals surface area contributed by atoms with E-state index in [1.54, 1.807) is 6.20 Å². The van der Waals surface area contributed by atoms with E-state index >= 15 is 0 Å². The van der Waals surface area contributed by atoms with Crippen LogP contribution in [0.15, 0.2) is 18.3 Å². The third-order valence-electron chi connectivity index (χ3n) is 5.17. The fourth-order valence-electron chi connectivity index (χ4n) is 3.58. The average molecular weight is 347 g/mol. The van der Waals surface area contributed by atoms with E-state index < -0.39 is 0 Å². The van der Waals surface area contributed by atoms with Gasteiger partial charge in [-0.15, -0.1) is 0 Å². The number of nitrogens with one attached hydrogen (secondary N) is 2. The number of carbonyl (C=O) groups is 1. The van der Waals surface area contributed by atoms with Gasteiger partial charge in [0.2, 0.25) is 5.88 Å². The summed E-state index contributed by atoms with van der Waals surface area (Å²) in [4.78, 5) is 16.4. The number of amides is 2. The first-order chi connectivity index (χ1) is 12.2. The van der Waals surface area contributed by atoms with Crippen molar-refractivity contribution >= 4 is 6.03 Å². The number of aromatic nitrogens is 1. The van der Waals surface area contributed by atoms with Gasteiger partial charge in [-0.1, -0.05) is 0 Å². The molecule has 1 aliphatic carbocycles. The van der Waals surface area contributed by atoms with Crippen molar-refractivity contribution in [2.24, 2.45) is 5.92 Å². The first-order valence-electron chi connectivity index (χ1n) is 9.44. The normalized spacial score (nSPS) is 20.2. The third-order valence-corrected chi connectivity index (χ3v) is 5.17. The molecule has 25 heavy (non-hydrogen) atoms. The van der Waals surface area contributed by atoms with E-state index in [9.17, 15) is 4.79 Å². The van der Waals surface area contributed by atoms with Crippen LogP contribution in [0.5, 0.6) is 5.88 Å². The quantitative estimate of drug-likeness (QED) is 0.830. The Kier molecular flexibility index (Phi) is 6.50. The zero-order chi connectivity index (χ0) is 17.5. The SMILES string of the molecule is C[C@@H](NC(=O)NCc1ccnc(OC2CCCC2)c1)C1CCOCC1. The Hall–Kier alpha value is -1.82. The summed E-state index contributed by atoms with van der Waals surface area (Å²) in [6.45, 7) is 4.11. The van der Waals surface area contributed by atoms with Gasteiger partial charge in [0.15, 0.2) is 0 Å². The Morgan fingerprint density at radius 1 is 1.32 bits per heavy atom. The number of urea groups is 1. The van der Waals surface area contributed by atoms with Crippen LogP contribution >= 0.6 is 0 Å². The van der Waals surface area contributed by atoms with Crippen molar-refractivity contribution in [2.45, 2.75) is 64.1 Å². The number of ether oxygens (including phenoxy) is 2. The molecule has 1 saturated heterocycles. The van der Waals surface area contributed by atoms with Crippen LogP contribution < -0.4 is 15.4 Å². The highest BCUT2D eigenvalue weighted by atomic mass is 16.5. The number of nitrogens with zero attached hydrogens (tertiary/aromatic N) is 1. The molecule has 1 saturated carbocycles. The van der Waals surface area contributed by atoms with Gasteiger partial charge < -0.3 is 20.1 Å². The lowest BCUT2D eigenvalue weighted by atomic mass is 9.93. The molecule has 6 heteroatoms. The summed E-state index contributed by atoms with van der Waals surface area (Å²) < 4.78 is 11.3. The van der Waals surface area contributed by atoms with Crippen molar-refractivity contribution in [1.82, 2.24) is 15.6 Å². The molecule has 1 aliphatic heterocycles. The molecule has 2 aliphatic rings. The Bertz CT molecular complexity index is 555. The second-order valence-electron chi connectivity index (χ2n) is 7.09. The molecule has 6 nitrogen and oxygen atoms in total. The van der Waals surface area contributed by atoms with Crippen LogP contribution in [0.25, 0.3) is 0 Å². The summed E-state index contributed by atoms with van der Waals surface area (Å²) in [6, 6.07) is 3.85. The topological polar surface area (TPSA) is 72.5 Å². The van der Waals surface area contributed by atoms with Gasteiger partial charge in [0, 0.05) is 38.1 Å². The maximum atomic E-state index is 12.1. The van der Waals surface area contributed by atoms with Crippen molar-refractivity contribution in [3.05, 3.63) is 23.9 Å². The predicted molar refractivity (Wildman–Crippen MR) is 95.5 cm³/mol. The molecule has 0 radical (unpaired) electrons. The van der Waals surface area contributed by atoms with Gasteiger partial charge in [-0.25, -0.2) is 9.78 Å². The molecule has 2 fully saturated rings. The largest absolute Gasteiger partial charge is 0.474 e. The summed E-state index contributed by atoms with van der Waals surface area (Å²) in [7, 11) is 0. The fourth-order valence-corrected chi connectivity index (χ4v) is 3.58. The van der Waals surface area contributed by atoms with Gasteiger partial charge in [-0.05, 0) is 63.0 Å². The van der Waals surface area contributed by atoms with Crippen LogP contribution in [0.4, 0.5) is 4.79 Å². The first kappa shape index (κ1) is 18.0. The van der Waals surface area contributed by atoms with Gasteiger partial charge in [-0.2, -0.15) is 0 Å². The van der Waals surface area contributed by atoms with Crippen LogP contribution in [0, 0.1) is 5.92 Å². The number of rotatable bonds is 6. The first-order valence-corrected chi connectivity index (χ1v) is 9.44. The molecule has 2 N–H and O–H groups in total. The third kappa shape index (κ3) is 5.59. The molecule has 1 aromatic rings. The van der Waals surface area contributed by atoms with Gasteiger partial charge in [-0.3, -0.25) is 0 Å². The lowest BCUT2D eigenvalue weighted by Gasteiger charge is -2.28. The van der Waals surface area contributed by atoms with E-state index in [1.807, 2.05) is 12.1 Å². The van der Waals surface area contributed by atoms with Crippen LogP contribution in [-0.2, 0) is 11.3 Å². The van der Waals surface area contributed by atoms with E-state index in [0.717, 1.165) is 44.5 Å². The van der Waals surface area contributed by atoms with Gasteiger partial charge in [0.25, 0.3) is 0 Å². The summed E-state index contributed by atoms with van der Waals surface area (Å²) in [5.74, 6) is 1.15. The standard InChI is InChI=1S/C19H29N3O3/c1-14(16-7-10-24-11-8-16)22-19(23)21-13-15-6-9-20-18(12-15)25-17-4-2-3-5-17/h6,9,12,14,16-17H,2-5,7-8,10-11,13H2,1H3,(H2,21,22,23)/t14-/m1/s1. The zero-order valence-corrected chi connectivity index (χ0v) is 15.0. The second-order valence-corrected chi connectivity index (χ2v) is 7.09. The van der Waals surface area contributed by atoms with Crippen molar-refractivity contribution in [1.29, 1.82) is 0 Å². The number of hydrogen-bond donors (Lipinski definition) is 2. The highest BCUT2D eigenvalue weighted by molar-refractivity contribution is 5.74. The van der Waals surface area contributed by atoms with Crippen molar-refractivity contribution in [3.63, 3.8) is 0 Å². The van der Waals surface area contributed by atoms with Crippen LogP contribution in [-0.4, -0.2) is 36.4 Å². The highest BCUT2D eigenvalue weighted by Gasteiger charge is 2.21. The highest BCUT2D eigenvalue weighted by Crippen LogP contribution is 2.23. The minimum Gasteiger partial charge on any atom is -0.474 e. The van der Waals surface area contributed by atoms with E-state index in [2.05, 4.69) is 22.5 Å². The molecule has 1 atom stereocenters. The molecule has 0 bridgehead atoms. The van der Waals surface area contributed by atoms with Crippen LogP contribution in [0.2, 0.25) is 0 Å². The van der Waals surface area contributed by atoms with Gasteiger partial charge >= 0.3 is 6.03 Å². The molecular weight excluding hydrogens is 318 g/mol. The van der Waals surface area contributed by atoms with E-state index in [0.29, 0.717) is 24.4 Å². The summed E-state index contributed by atoms with van der Waals surface area (Å²) in [6.07, 6.45) is 8.73. The Labute approximate surface area is 149 Å². The molecule has 2 amide bonds. The van der Waals surface area contributed by atoms with Crippen LogP contribution in [0.1, 0.15) is 51.0 Å². The van der Waals surface area contributed by atoms with Crippen molar-refractivity contribution in [2.75, 3.05) is 13.2 Å². The number of pyridine rings is 1. The molecule has 0 aromatic carbocycles. The lowest BCUT2D eigenvalue weighted by molar-refractivity contribution is 0.0571. The average Bonchev–Trinajstić information content (AvgIpc) is 3.14. The van der Waals surface area contributed by atoms with E-state index in [-0.39, 0.29) is 12.1 Å². The summed E-state index contributed by atoms with van der Waals surface area (Å²) in [5, 5.41) is 5.97. The number of carbonyl (C=O) groups excluding carboxylic acids is 1. The minimum absolute atomic E-state index is 0.130. The van der Waals surface area contributed by atoms with E-state index in [4.69, 9.17) is 9.47 Å². The Morgan fingerprint density at radius 2 is 2.08 bits per heavy atom. The van der Waals surface area contributed by atoms with Crippen LogP contribution in [0.3, 0.4) is 0 Å². The lowest BCUT2D eigenvalue weighted by Crippen LogP contribution is -2.45. The molecule has 1 aromatic heterocycles. The monoisotopic (exact) mass is 347 g/mol. The smallest absolute Gasteiger partial charge is 0.315 e. The maximum Gasteiger partial charge on any atom is 0.315 e. The second kappa shape index (κ2) is 9.04. The summed E-state index contributed by atoms with van der Waals surface area (Å²) in [5.41, 5.74) is 0.997. The molecule has 0 unspecified atom stereocenters. The minimum atomic E-state index is -0.130. The molecule has 138 valence electrons. The Balaban J connectivity index is 1.43. The Morgan fingerprint density at radius 3 is 2.84 bits per heavy atom. The van der Waals surface area contributed by atoms with Crippen molar-refractivity contribution < 1.29 is 14.3 Å². The fraction of sp³-hybridized carbons (Fsp3) is 0.684.